The monoisotopic (exact) mass is 255 g/mol. The SMILES string of the molecule is CCC(CC)NC(=O)COc1ccc(Cl)cc1. The summed E-state index contributed by atoms with van der Waals surface area (Å²) < 4.78 is 5.34. The molecule has 0 saturated carbocycles. The van der Waals surface area contributed by atoms with E-state index >= 15 is 0 Å². The van der Waals surface area contributed by atoms with E-state index in [0.29, 0.717) is 10.8 Å². The van der Waals surface area contributed by atoms with Crippen LogP contribution in [0.15, 0.2) is 24.3 Å². The molecule has 0 fully saturated rings. The minimum absolute atomic E-state index is 0.0398. The van der Waals surface area contributed by atoms with Gasteiger partial charge in [-0.15, -0.1) is 0 Å². The second-order valence-corrected chi connectivity index (χ2v) is 4.26. The molecular weight excluding hydrogens is 238 g/mol. The zero-order valence-electron chi connectivity index (χ0n) is 10.2. The lowest BCUT2D eigenvalue weighted by atomic mass is 10.2. The molecule has 1 aromatic carbocycles. The number of carbonyl (C=O) groups excluding carboxylic acids is 1. The van der Waals surface area contributed by atoms with Gasteiger partial charge in [-0.2, -0.15) is 0 Å². The fraction of sp³-hybridized carbons (Fsp3) is 0.462. The van der Waals surface area contributed by atoms with E-state index in [2.05, 4.69) is 19.2 Å². The van der Waals surface area contributed by atoms with Crippen LogP contribution in [0, 0.1) is 0 Å². The number of benzene rings is 1. The molecule has 0 aliphatic carbocycles. The lowest BCUT2D eigenvalue weighted by Gasteiger charge is -2.14. The van der Waals surface area contributed by atoms with Crippen LogP contribution in [0.2, 0.25) is 5.02 Å². The average Bonchev–Trinajstić information content (AvgIpc) is 2.35. The third kappa shape index (κ3) is 5.09. The van der Waals surface area contributed by atoms with Crippen LogP contribution in [0.1, 0.15) is 26.7 Å². The molecule has 1 aromatic rings. The van der Waals surface area contributed by atoms with Crippen molar-refractivity contribution in [2.75, 3.05) is 6.61 Å². The van der Waals surface area contributed by atoms with Crippen molar-refractivity contribution in [1.82, 2.24) is 5.32 Å². The Hall–Kier alpha value is -1.22. The highest BCUT2D eigenvalue weighted by molar-refractivity contribution is 6.30. The molecule has 4 heteroatoms. The molecule has 94 valence electrons. The van der Waals surface area contributed by atoms with E-state index in [1.807, 2.05) is 0 Å². The van der Waals surface area contributed by atoms with Crippen molar-refractivity contribution in [3.05, 3.63) is 29.3 Å². The first-order chi connectivity index (χ1) is 8.15. The van der Waals surface area contributed by atoms with Gasteiger partial charge in [-0.05, 0) is 37.1 Å². The van der Waals surface area contributed by atoms with Gasteiger partial charge >= 0.3 is 0 Å². The minimum Gasteiger partial charge on any atom is -0.484 e. The van der Waals surface area contributed by atoms with Crippen molar-refractivity contribution < 1.29 is 9.53 Å². The van der Waals surface area contributed by atoms with Crippen LogP contribution in [0.25, 0.3) is 0 Å². The lowest BCUT2D eigenvalue weighted by Crippen LogP contribution is -2.37. The maximum Gasteiger partial charge on any atom is 0.258 e. The molecule has 0 bridgehead atoms. The standard InChI is InChI=1S/C13H18ClNO2/c1-3-11(4-2)15-13(16)9-17-12-7-5-10(14)6-8-12/h5-8,11H,3-4,9H2,1-2H3,(H,15,16). The Morgan fingerprint density at radius 1 is 1.29 bits per heavy atom. The molecule has 17 heavy (non-hydrogen) atoms. The van der Waals surface area contributed by atoms with Gasteiger partial charge in [-0.1, -0.05) is 25.4 Å². The van der Waals surface area contributed by atoms with Crippen LogP contribution in [-0.4, -0.2) is 18.6 Å². The molecule has 0 radical (unpaired) electrons. The third-order valence-electron chi connectivity index (χ3n) is 2.53. The Morgan fingerprint density at radius 2 is 1.88 bits per heavy atom. The first kappa shape index (κ1) is 13.8. The predicted molar refractivity (Wildman–Crippen MR) is 69.5 cm³/mol. The Kier molecular flexibility index (Phi) is 5.84. The van der Waals surface area contributed by atoms with E-state index in [0.717, 1.165) is 12.8 Å². The highest BCUT2D eigenvalue weighted by Crippen LogP contribution is 2.15. The van der Waals surface area contributed by atoms with Crippen LogP contribution in [0.3, 0.4) is 0 Å². The largest absolute Gasteiger partial charge is 0.484 e. The summed E-state index contributed by atoms with van der Waals surface area (Å²) in [7, 11) is 0. The molecule has 0 aliphatic heterocycles. The van der Waals surface area contributed by atoms with Crippen molar-refractivity contribution in [2.24, 2.45) is 0 Å². The van der Waals surface area contributed by atoms with Gasteiger partial charge in [0.1, 0.15) is 5.75 Å². The summed E-state index contributed by atoms with van der Waals surface area (Å²) in [4.78, 5) is 11.5. The quantitative estimate of drug-likeness (QED) is 0.849. The number of amides is 1. The van der Waals surface area contributed by atoms with E-state index in [9.17, 15) is 4.79 Å². The van der Waals surface area contributed by atoms with E-state index in [-0.39, 0.29) is 18.6 Å². The molecular formula is C13H18ClNO2. The zero-order valence-corrected chi connectivity index (χ0v) is 11.0. The van der Waals surface area contributed by atoms with Gasteiger partial charge < -0.3 is 10.1 Å². The third-order valence-corrected chi connectivity index (χ3v) is 2.79. The molecule has 1 amide bonds. The summed E-state index contributed by atoms with van der Waals surface area (Å²) in [6.45, 7) is 4.14. The van der Waals surface area contributed by atoms with Gasteiger partial charge in [0.2, 0.25) is 0 Å². The van der Waals surface area contributed by atoms with Crippen molar-refractivity contribution in [1.29, 1.82) is 0 Å². The van der Waals surface area contributed by atoms with Crippen LogP contribution >= 0.6 is 11.6 Å². The molecule has 3 nitrogen and oxygen atoms in total. The van der Waals surface area contributed by atoms with Crippen LogP contribution in [0.4, 0.5) is 0 Å². The second kappa shape index (κ2) is 7.17. The summed E-state index contributed by atoms with van der Waals surface area (Å²) in [5.74, 6) is 0.558. The van der Waals surface area contributed by atoms with Crippen LogP contribution in [0.5, 0.6) is 5.75 Å². The number of hydrogen-bond acceptors (Lipinski definition) is 2. The molecule has 0 aromatic heterocycles. The molecule has 0 unspecified atom stereocenters. The van der Waals surface area contributed by atoms with Crippen molar-refractivity contribution in [3.63, 3.8) is 0 Å². The number of rotatable bonds is 6. The molecule has 0 atom stereocenters. The molecule has 0 aliphatic rings. The number of ether oxygens (including phenoxy) is 1. The summed E-state index contributed by atoms with van der Waals surface area (Å²) in [5, 5.41) is 3.56. The topological polar surface area (TPSA) is 38.3 Å². The van der Waals surface area contributed by atoms with Gasteiger partial charge in [0.25, 0.3) is 5.91 Å². The molecule has 1 rings (SSSR count). The average molecular weight is 256 g/mol. The highest BCUT2D eigenvalue weighted by atomic mass is 35.5. The Balaban J connectivity index is 2.35. The van der Waals surface area contributed by atoms with Crippen LogP contribution < -0.4 is 10.1 Å². The van der Waals surface area contributed by atoms with E-state index in [4.69, 9.17) is 16.3 Å². The van der Waals surface area contributed by atoms with Gasteiger partial charge in [0.15, 0.2) is 6.61 Å². The van der Waals surface area contributed by atoms with Crippen molar-refractivity contribution in [2.45, 2.75) is 32.7 Å². The van der Waals surface area contributed by atoms with Crippen LogP contribution in [-0.2, 0) is 4.79 Å². The fourth-order valence-electron chi connectivity index (χ4n) is 1.44. The zero-order chi connectivity index (χ0) is 12.7. The predicted octanol–water partition coefficient (Wildman–Crippen LogP) is 3.02. The van der Waals surface area contributed by atoms with Gasteiger partial charge in [-0.25, -0.2) is 0 Å². The Morgan fingerprint density at radius 3 is 2.41 bits per heavy atom. The summed E-state index contributed by atoms with van der Waals surface area (Å²) in [5.41, 5.74) is 0. The normalized spacial score (nSPS) is 10.4. The van der Waals surface area contributed by atoms with E-state index in [1.165, 1.54) is 0 Å². The van der Waals surface area contributed by atoms with Gasteiger partial charge in [0.05, 0.1) is 0 Å². The summed E-state index contributed by atoms with van der Waals surface area (Å²) >= 11 is 5.75. The Labute approximate surface area is 107 Å². The highest BCUT2D eigenvalue weighted by Gasteiger charge is 2.08. The first-order valence-electron chi connectivity index (χ1n) is 5.83. The summed E-state index contributed by atoms with van der Waals surface area (Å²) in [6.07, 6.45) is 1.87. The van der Waals surface area contributed by atoms with Gasteiger partial charge in [-0.3, -0.25) is 4.79 Å². The second-order valence-electron chi connectivity index (χ2n) is 3.82. The number of nitrogens with one attached hydrogen (secondary N) is 1. The van der Waals surface area contributed by atoms with Gasteiger partial charge in [0, 0.05) is 11.1 Å². The summed E-state index contributed by atoms with van der Waals surface area (Å²) in [6, 6.07) is 7.18. The van der Waals surface area contributed by atoms with Crippen molar-refractivity contribution in [3.8, 4) is 5.75 Å². The first-order valence-corrected chi connectivity index (χ1v) is 6.21. The van der Waals surface area contributed by atoms with E-state index in [1.54, 1.807) is 24.3 Å². The van der Waals surface area contributed by atoms with E-state index < -0.39 is 0 Å². The number of halogens is 1. The molecule has 0 saturated heterocycles. The smallest absolute Gasteiger partial charge is 0.258 e. The molecule has 0 spiro atoms. The maximum absolute atomic E-state index is 11.5. The molecule has 1 N–H and O–H groups in total. The maximum atomic E-state index is 11.5. The fourth-order valence-corrected chi connectivity index (χ4v) is 1.57. The number of hydrogen-bond donors (Lipinski definition) is 1. The van der Waals surface area contributed by atoms with Crippen molar-refractivity contribution >= 4 is 17.5 Å². The molecule has 0 heterocycles. The minimum atomic E-state index is -0.0892. The number of carbonyl (C=O) groups is 1. The Bertz CT molecular complexity index is 347. The lowest BCUT2D eigenvalue weighted by molar-refractivity contribution is -0.123.